The molecule has 1 aromatic heterocycles. The van der Waals surface area contributed by atoms with Crippen LogP contribution >= 0.6 is 0 Å². The van der Waals surface area contributed by atoms with Gasteiger partial charge in [-0.3, -0.25) is 4.90 Å². The lowest BCUT2D eigenvalue weighted by atomic mass is 10.1. The van der Waals surface area contributed by atoms with Gasteiger partial charge >= 0.3 is 0 Å². The molecule has 2 N–H and O–H groups in total. The summed E-state index contributed by atoms with van der Waals surface area (Å²) in [7, 11) is 0. The van der Waals surface area contributed by atoms with Crippen LogP contribution in [0.15, 0.2) is 59.9 Å². The van der Waals surface area contributed by atoms with Gasteiger partial charge in [0, 0.05) is 38.8 Å². The van der Waals surface area contributed by atoms with Crippen molar-refractivity contribution in [3.8, 4) is 0 Å². The van der Waals surface area contributed by atoms with Crippen molar-refractivity contribution in [2.75, 3.05) is 39.4 Å². The van der Waals surface area contributed by atoms with E-state index in [1.165, 1.54) is 11.1 Å². The van der Waals surface area contributed by atoms with Gasteiger partial charge in [-0.15, -0.1) is 0 Å². The van der Waals surface area contributed by atoms with Crippen molar-refractivity contribution in [3.05, 3.63) is 66.0 Å². The topological polar surface area (TPSA) is 66.7 Å². The molecule has 0 bridgehead atoms. The molecule has 1 saturated heterocycles. The molecule has 1 fully saturated rings. The lowest BCUT2D eigenvalue weighted by molar-refractivity contribution is 0.0211. The molecule has 170 valence electrons. The number of aliphatic imine (C=N–C) groups is 1. The zero-order valence-electron chi connectivity index (χ0n) is 19.1. The van der Waals surface area contributed by atoms with Gasteiger partial charge in [0.25, 0.3) is 0 Å². The minimum atomic E-state index is 0.446. The molecule has 1 atom stereocenters. The Balaban J connectivity index is 1.32. The van der Waals surface area contributed by atoms with Crippen LogP contribution in [0.2, 0.25) is 0 Å². The Morgan fingerprint density at radius 2 is 1.81 bits per heavy atom. The number of morpholine rings is 1. The molecule has 0 amide bonds. The van der Waals surface area contributed by atoms with Gasteiger partial charge in [0.2, 0.25) is 0 Å². The van der Waals surface area contributed by atoms with Crippen LogP contribution in [0.25, 0.3) is 11.0 Å². The van der Waals surface area contributed by atoms with E-state index < -0.39 is 0 Å². The maximum absolute atomic E-state index is 5.46. The number of guanidine groups is 1. The van der Waals surface area contributed by atoms with E-state index in [0.29, 0.717) is 12.6 Å². The molecule has 0 saturated carbocycles. The fourth-order valence-electron chi connectivity index (χ4n) is 3.99. The highest BCUT2D eigenvalue weighted by atomic mass is 16.5. The normalized spacial score (nSPS) is 16.2. The molecule has 1 unspecified atom stereocenters. The van der Waals surface area contributed by atoms with E-state index in [2.05, 4.69) is 75.3 Å². The minimum absolute atomic E-state index is 0.446. The van der Waals surface area contributed by atoms with E-state index in [0.717, 1.165) is 62.9 Å². The maximum atomic E-state index is 5.46. The van der Waals surface area contributed by atoms with E-state index in [9.17, 15) is 0 Å². The predicted octanol–water partition coefficient (Wildman–Crippen LogP) is 2.86. The summed E-state index contributed by atoms with van der Waals surface area (Å²) >= 11 is 0. The van der Waals surface area contributed by atoms with Crippen molar-refractivity contribution in [2.45, 2.75) is 33.0 Å². The minimum Gasteiger partial charge on any atom is -0.379 e. The average Bonchev–Trinajstić information content (AvgIpc) is 3.25. The number of benzene rings is 2. The van der Waals surface area contributed by atoms with E-state index in [1.54, 1.807) is 0 Å². The standard InChI is InChI=1S/C25H34N6O/c1-3-26-25(27-16-20(2)30-12-14-32-15-13-30)28-17-21-8-10-22(11-9-21)18-31-19-29-23-6-4-5-7-24(23)31/h4-11,19-20H,3,12-18H2,1-2H3,(H2,26,27,28). The van der Waals surface area contributed by atoms with Crippen LogP contribution in [0, 0.1) is 0 Å². The van der Waals surface area contributed by atoms with Crippen LogP contribution in [0.4, 0.5) is 0 Å². The lowest BCUT2D eigenvalue weighted by Gasteiger charge is -2.32. The fourth-order valence-corrected chi connectivity index (χ4v) is 3.99. The number of rotatable bonds is 8. The second-order valence-electron chi connectivity index (χ2n) is 8.25. The summed E-state index contributed by atoms with van der Waals surface area (Å²) in [5.74, 6) is 0.863. The zero-order valence-corrected chi connectivity index (χ0v) is 19.1. The summed E-state index contributed by atoms with van der Waals surface area (Å²) in [5, 5.41) is 6.85. The number of nitrogens with zero attached hydrogens (tertiary/aromatic N) is 4. The molecule has 1 aliphatic rings. The number of fused-ring (bicyclic) bond motifs is 1. The number of para-hydroxylation sites is 2. The molecule has 3 aromatic rings. The fraction of sp³-hybridized carbons (Fsp3) is 0.440. The third-order valence-electron chi connectivity index (χ3n) is 5.90. The average molecular weight is 435 g/mol. The molecule has 0 spiro atoms. The van der Waals surface area contributed by atoms with Crippen molar-refractivity contribution in [1.29, 1.82) is 0 Å². The molecule has 2 aromatic carbocycles. The molecule has 1 aliphatic heterocycles. The van der Waals surface area contributed by atoms with Crippen LogP contribution in [-0.4, -0.2) is 65.8 Å². The van der Waals surface area contributed by atoms with Gasteiger partial charge in [-0.25, -0.2) is 9.98 Å². The van der Waals surface area contributed by atoms with Crippen molar-refractivity contribution in [1.82, 2.24) is 25.1 Å². The number of imidazole rings is 1. The molecule has 0 radical (unpaired) electrons. The van der Waals surface area contributed by atoms with E-state index >= 15 is 0 Å². The number of aromatic nitrogens is 2. The number of nitrogens with one attached hydrogen (secondary N) is 2. The first-order valence-corrected chi connectivity index (χ1v) is 11.5. The first-order chi connectivity index (χ1) is 15.7. The third-order valence-corrected chi connectivity index (χ3v) is 5.90. The number of hydrogen-bond acceptors (Lipinski definition) is 4. The quantitative estimate of drug-likeness (QED) is 0.422. The SMILES string of the molecule is CCNC(=NCc1ccc(Cn2cnc3ccccc32)cc1)NCC(C)N1CCOCC1. The Labute approximate surface area is 190 Å². The van der Waals surface area contributed by atoms with Crippen LogP contribution in [0.3, 0.4) is 0 Å². The number of hydrogen-bond donors (Lipinski definition) is 2. The van der Waals surface area contributed by atoms with E-state index in [-0.39, 0.29) is 0 Å². The summed E-state index contributed by atoms with van der Waals surface area (Å²) in [5.41, 5.74) is 4.65. The summed E-state index contributed by atoms with van der Waals surface area (Å²) in [6.07, 6.45) is 1.91. The smallest absolute Gasteiger partial charge is 0.191 e. The Kier molecular flexibility index (Phi) is 7.74. The summed E-state index contributed by atoms with van der Waals surface area (Å²) in [4.78, 5) is 11.7. The van der Waals surface area contributed by atoms with Gasteiger partial charge in [0.05, 0.1) is 37.1 Å². The molecule has 2 heterocycles. The monoisotopic (exact) mass is 434 g/mol. The second kappa shape index (κ2) is 11.1. The molecule has 32 heavy (non-hydrogen) atoms. The summed E-state index contributed by atoms with van der Waals surface area (Å²) in [6.45, 7) is 11.2. The van der Waals surface area contributed by atoms with Crippen LogP contribution in [0.1, 0.15) is 25.0 Å². The predicted molar refractivity (Wildman–Crippen MR) is 130 cm³/mol. The Bertz CT molecular complexity index is 1010. The highest BCUT2D eigenvalue weighted by Crippen LogP contribution is 2.15. The van der Waals surface area contributed by atoms with Gasteiger partial charge in [0.15, 0.2) is 5.96 Å². The Morgan fingerprint density at radius 3 is 2.59 bits per heavy atom. The van der Waals surface area contributed by atoms with Gasteiger partial charge in [-0.05, 0) is 37.1 Å². The summed E-state index contributed by atoms with van der Waals surface area (Å²) in [6, 6.07) is 17.4. The maximum Gasteiger partial charge on any atom is 0.191 e. The molecule has 7 heteroatoms. The first-order valence-electron chi connectivity index (χ1n) is 11.5. The van der Waals surface area contributed by atoms with Gasteiger partial charge < -0.3 is 19.9 Å². The molecular weight excluding hydrogens is 400 g/mol. The first kappa shape index (κ1) is 22.3. The largest absolute Gasteiger partial charge is 0.379 e. The van der Waals surface area contributed by atoms with E-state index in [4.69, 9.17) is 9.73 Å². The zero-order chi connectivity index (χ0) is 22.2. The number of ether oxygens (including phenoxy) is 1. The Hall–Kier alpha value is -2.90. The summed E-state index contributed by atoms with van der Waals surface area (Å²) < 4.78 is 7.64. The van der Waals surface area contributed by atoms with Gasteiger partial charge in [-0.1, -0.05) is 36.4 Å². The second-order valence-corrected chi connectivity index (χ2v) is 8.25. The van der Waals surface area contributed by atoms with Crippen molar-refractivity contribution < 1.29 is 4.74 Å². The Morgan fingerprint density at radius 1 is 1.06 bits per heavy atom. The van der Waals surface area contributed by atoms with Crippen LogP contribution < -0.4 is 10.6 Å². The molecule has 4 rings (SSSR count). The van der Waals surface area contributed by atoms with Crippen LogP contribution in [-0.2, 0) is 17.8 Å². The van der Waals surface area contributed by atoms with Gasteiger partial charge in [0.1, 0.15) is 0 Å². The van der Waals surface area contributed by atoms with Crippen molar-refractivity contribution in [3.63, 3.8) is 0 Å². The van der Waals surface area contributed by atoms with Gasteiger partial charge in [-0.2, -0.15) is 0 Å². The third kappa shape index (κ3) is 5.87. The van der Waals surface area contributed by atoms with Crippen molar-refractivity contribution >= 4 is 17.0 Å². The molecular formula is C25H34N6O. The van der Waals surface area contributed by atoms with Crippen molar-refractivity contribution in [2.24, 2.45) is 4.99 Å². The molecule has 7 nitrogen and oxygen atoms in total. The van der Waals surface area contributed by atoms with E-state index in [1.807, 2.05) is 18.5 Å². The highest BCUT2D eigenvalue weighted by molar-refractivity contribution is 5.79. The highest BCUT2D eigenvalue weighted by Gasteiger charge is 2.17. The molecule has 0 aliphatic carbocycles. The van der Waals surface area contributed by atoms with Crippen LogP contribution in [0.5, 0.6) is 0 Å². The lowest BCUT2D eigenvalue weighted by Crippen LogP contribution is -2.49.